The second-order valence-electron chi connectivity index (χ2n) is 6.84. The van der Waals surface area contributed by atoms with Crippen molar-refractivity contribution in [3.05, 3.63) is 48.9 Å². The first-order valence-electron chi connectivity index (χ1n) is 8.91. The van der Waals surface area contributed by atoms with Crippen molar-refractivity contribution in [1.82, 2.24) is 19.7 Å². The first-order chi connectivity index (χ1) is 13.2. The quantitative estimate of drug-likeness (QED) is 0.532. The zero-order chi connectivity index (χ0) is 18.4. The maximum Gasteiger partial charge on any atom is 0.128 e. The largest absolute Gasteiger partial charge is 0.354 e. The molecule has 4 heterocycles. The Balaban J connectivity index is 1.44. The van der Waals surface area contributed by atoms with Crippen LogP contribution >= 0.6 is 11.3 Å². The van der Waals surface area contributed by atoms with Crippen molar-refractivity contribution in [1.29, 1.82) is 0 Å². The van der Waals surface area contributed by atoms with Crippen molar-refractivity contribution in [2.45, 2.75) is 12.6 Å². The summed E-state index contributed by atoms with van der Waals surface area (Å²) in [5, 5.41) is 5.18. The van der Waals surface area contributed by atoms with Crippen LogP contribution in [0, 0.1) is 0 Å². The van der Waals surface area contributed by atoms with Crippen LogP contribution in [0.15, 0.2) is 48.9 Å². The summed E-state index contributed by atoms with van der Waals surface area (Å²) < 4.78 is 16.3. The van der Waals surface area contributed by atoms with E-state index in [9.17, 15) is 4.39 Å². The number of rotatable bonds is 3. The first-order valence-corrected chi connectivity index (χ1v) is 9.72. The number of benzene rings is 1. The molecule has 0 radical (unpaired) electrons. The zero-order valence-corrected chi connectivity index (χ0v) is 15.7. The Labute approximate surface area is 160 Å². The summed E-state index contributed by atoms with van der Waals surface area (Å²) in [6.45, 7) is 1.16. The van der Waals surface area contributed by atoms with Crippen molar-refractivity contribution < 1.29 is 4.39 Å². The number of hydrogen-bond acceptors (Lipinski definition) is 5. The molecule has 1 saturated heterocycles. The third-order valence-electron chi connectivity index (χ3n) is 4.88. The van der Waals surface area contributed by atoms with Gasteiger partial charge in [-0.1, -0.05) is 6.07 Å². The van der Waals surface area contributed by atoms with Crippen LogP contribution < -0.4 is 4.90 Å². The number of nitrogens with zero attached hydrogens (tertiary/aromatic N) is 5. The van der Waals surface area contributed by atoms with Gasteiger partial charge in [0.25, 0.3) is 0 Å². The standard InChI is InChI=1S/C20H18FN5S/c1-25-11-15(10-23-25)13-2-4-18-17(8-13)24-20(27-18)14-3-5-19(22-9-14)26-7-6-16(21)12-26/h2-5,8-11,16H,6-7,12H2,1H3/t16-/m0/s1. The number of anilines is 1. The van der Waals surface area contributed by atoms with Gasteiger partial charge < -0.3 is 4.90 Å². The highest BCUT2D eigenvalue weighted by atomic mass is 32.1. The summed E-state index contributed by atoms with van der Waals surface area (Å²) in [5.41, 5.74) is 4.14. The lowest BCUT2D eigenvalue weighted by Crippen LogP contribution is -2.20. The summed E-state index contributed by atoms with van der Waals surface area (Å²) in [4.78, 5) is 11.3. The third-order valence-corrected chi connectivity index (χ3v) is 5.96. The third kappa shape index (κ3) is 3.08. The predicted octanol–water partition coefficient (Wildman–Crippen LogP) is 4.31. The van der Waals surface area contributed by atoms with E-state index in [1.807, 2.05) is 42.7 Å². The fraction of sp³-hybridized carbons (Fsp3) is 0.250. The Kier molecular flexibility index (Phi) is 3.89. The molecule has 1 aliphatic heterocycles. The molecule has 5 rings (SSSR count). The molecule has 0 spiro atoms. The predicted molar refractivity (Wildman–Crippen MR) is 107 cm³/mol. The van der Waals surface area contributed by atoms with E-state index in [4.69, 9.17) is 4.98 Å². The number of aryl methyl sites for hydroxylation is 1. The molecule has 1 aromatic carbocycles. The average molecular weight is 379 g/mol. The van der Waals surface area contributed by atoms with Gasteiger partial charge in [-0.05, 0) is 36.2 Å². The number of fused-ring (bicyclic) bond motifs is 1. The van der Waals surface area contributed by atoms with E-state index in [1.54, 1.807) is 16.0 Å². The van der Waals surface area contributed by atoms with Gasteiger partial charge in [-0.25, -0.2) is 14.4 Å². The maximum atomic E-state index is 13.4. The van der Waals surface area contributed by atoms with Crippen LogP contribution in [0.25, 0.3) is 31.9 Å². The summed E-state index contributed by atoms with van der Waals surface area (Å²) in [6, 6.07) is 10.3. The van der Waals surface area contributed by atoms with E-state index in [2.05, 4.69) is 28.3 Å². The zero-order valence-electron chi connectivity index (χ0n) is 14.8. The van der Waals surface area contributed by atoms with E-state index >= 15 is 0 Å². The fourth-order valence-electron chi connectivity index (χ4n) is 3.43. The van der Waals surface area contributed by atoms with Crippen LogP contribution in [-0.2, 0) is 7.05 Å². The van der Waals surface area contributed by atoms with Gasteiger partial charge in [0.2, 0.25) is 0 Å². The molecule has 0 N–H and O–H groups in total. The van der Waals surface area contributed by atoms with Gasteiger partial charge in [-0.3, -0.25) is 4.68 Å². The number of alkyl halides is 1. The number of pyridine rings is 1. The van der Waals surface area contributed by atoms with Crippen molar-refractivity contribution in [3.63, 3.8) is 0 Å². The van der Waals surface area contributed by atoms with Crippen LogP contribution in [-0.4, -0.2) is 39.0 Å². The lowest BCUT2D eigenvalue weighted by Gasteiger charge is -2.15. The normalized spacial score (nSPS) is 17.1. The molecule has 27 heavy (non-hydrogen) atoms. The van der Waals surface area contributed by atoms with Crippen LogP contribution in [0.3, 0.4) is 0 Å². The number of thiazole rings is 1. The lowest BCUT2D eigenvalue weighted by molar-refractivity contribution is 0.364. The van der Waals surface area contributed by atoms with E-state index in [-0.39, 0.29) is 0 Å². The van der Waals surface area contributed by atoms with Gasteiger partial charge in [-0.2, -0.15) is 5.10 Å². The highest BCUT2D eigenvalue weighted by molar-refractivity contribution is 7.21. The first kappa shape index (κ1) is 16.4. The van der Waals surface area contributed by atoms with E-state index in [0.717, 1.165) is 44.3 Å². The molecule has 1 aliphatic rings. The monoisotopic (exact) mass is 379 g/mol. The van der Waals surface area contributed by atoms with Crippen molar-refractivity contribution >= 4 is 27.4 Å². The molecule has 1 fully saturated rings. The minimum absolute atomic E-state index is 0.435. The maximum absolute atomic E-state index is 13.4. The SMILES string of the molecule is Cn1cc(-c2ccc3sc(-c4ccc(N5CC[C@H](F)C5)nc4)nc3c2)cn1. The van der Waals surface area contributed by atoms with Crippen LogP contribution in [0.5, 0.6) is 0 Å². The Bertz CT molecular complexity index is 1100. The Morgan fingerprint density at radius 2 is 2.00 bits per heavy atom. The minimum Gasteiger partial charge on any atom is -0.354 e. The molecule has 136 valence electrons. The second kappa shape index (κ2) is 6.42. The summed E-state index contributed by atoms with van der Waals surface area (Å²) in [5.74, 6) is 0.832. The Morgan fingerprint density at radius 3 is 2.70 bits per heavy atom. The number of halogens is 1. The van der Waals surface area contributed by atoms with E-state index in [1.165, 1.54) is 0 Å². The number of hydrogen-bond donors (Lipinski definition) is 0. The second-order valence-corrected chi connectivity index (χ2v) is 7.87. The summed E-state index contributed by atoms with van der Waals surface area (Å²) in [6.07, 6.45) is 5.53. The molecule has 5 nitrogen and oxygen atoms in total. The highest BCUT2D eigenvalue weighted by Crippen LogP contribution is 2.33. The number of aromatic nitrogens is 4. The van der Waals surface area contributed by atoms with Gasteiger partial charge in [-0.15, -0.1) is 11.3 Å². The van der Waals surface area contributed by atoms with Crippen LogP contribution in [0.2, 0.25) is 0 Å². The molecule has 1 atom stereocenters. The molecule has 0 aliphatic carbocycles. The summed E-state index contributed by atoms with van der Waals surface area (Å²) >= 11 is 1.65. The molecule has 7 heteroatoms. The van der Waals surface area contributed by atoms with Gasteiger partial charge in [0.15, 0.2) is 0 Å². The smallest absolute Gasteiger partial charge is 0.128 e. The van der Waals surface area contributed by atoms with Gasteiger partial charge in [0.05, 0.1) is 23.0 Å². The molecule has 3 aromatic heterocycles. The summed E-state index contributed by atoms with van der Waals surface area (Å²) in [7, 11) is 1.91. The van der Waals surface area contributed by atoms with Gasteiger partial charge in [0, 0.05) is 37.1 Å². The van der Waals surface area contributed by atoms with Crippen LogP contribution in [0.1, 0.15) is 6.42 Å². The molecule has 0 saturated carbocycles. The van der Waals surface area contributed by atoms with Crippen molar-refractivity contribution in [3.8, 4) is 21.7 Å². The molecule has 0 unspecified atom stereocenters. The van der Waals surface area contributed by atoms with Gasteiger partial charge in [0.1, 0.15) is 17.0 Å². The molecular weight excluding hydrogens is 361 g/mol. The van der Waals surface area contributed by atoms with Crippen molar-refractivity contribution in [2.75, 3.05) is 18.0 Å². The van der Waals surface area contributed by atoms with E-state index in [0.29, 0.717) is 13.0 Å². The Hall–Kier alpha value is -2.80. The molecule has 4 aromatic rings. The lowest BCUT2D eigenvalue weighted by atomic mass is 10.1. The fourth-order valence-corrected chi connectivity index (χ4v) is 4.36. The van der Waals surface area contributed by atoms with Gasteiger partial charge >= 0.3 is 0 Å². The molecule has 0 bridgehead atoms. The Morgan fingerprint density at radius 1 is 1.11 bits per heavy atom. The van der Waals surface area contributed by atoms with Crippen LogP contribution in [0.4, 0.5) is 10.2 Å². The topological polar surface area (TPSA) is 46.8 Å². The molecule has 0 amide bonds. The van der Waals surface area contributed by atoms with E-state index < -0.39 is 6.17 Å². The average Bonchev–Trinajstić information content (AvgIpc) is 3.40. The minimum atomic E-state index is -0.746. The van der Waals surface area contributed by atoms with Crippen molar-refractivity contribution in [2.24, 2.45) is 7.05 Å². The highest BCUT2D eigenvalue weighted by Gasteiger charge is 2.22. The molecular formula is C20H18FN5S.